The average molecular weight is 235 g/mol. The van der Waals surface area contributed by atoms with Crippen molar-refractivity contribution in [2.24, 2.45) is 0 Å². The highest BCUT2D eigenvalue weighted by atomic mass is 32.1. The number of hydrogen-bond donors (Lipinski definition) is 2. The molecule has 2 aromatic heterocycles. The molecule has 0 unspecified atom stereocenters. The molecule has 0 fully saturated rings. The first-order chi connectivity index (χ1) is 7.22. The van der Waals surface area contributed by atoms with Crippen LogP contribution < -0.4 is 5.56 Å². The summed E-state index contributed by atoms with van der Waals surface area (Å²) in [7, 11) is 0. The molecule has 0 aromatic carbocycles. The molecular formula is C9H5N3OS2. The van der Waals surface area contributed by atoms with Crippen molar-refractivity contribution in [3.63, 3.8) is 0 Å². The van der Waals surface area contributed by atoms with Gasteiger partial charge in [0.05, 0.1) is 12.3 Å². The molecule has 0 spiro atoms. The lowest BCUT2D eigenvalue weighted by atomic mass is 10.3. The second-order valence-corrected chi connectivity index (χ2v) is 4.08. The van der Waals surface area contributed by atoms with Gasteiger partial charge in [0.25, 0.3) is 11.2 Å². The van der Waals surface area contributed by atoms with Crippen LogP contribution in [-0.4, -0.2) is 9.97 Å². The third kappa shape index (κ3) is 1.75. The van der Waals surface area contributed by atoms with Crippen LogP contribution >= 0.6 is 23.6 Å². The standard InChI is InChI=1S/C9H5N3OS2/c1-10-7-6(5-3-2-4-15-5)11-9(14)12-8(7)13/h2-4H,(H2,11,12,13,14). The number of thiophene rings is 1. The molecule has 15 heavy (non-hydrogen) atoms. The van der Waals surface area contributed by atoms with Crippen LogP contribution in [0.25, 0.3) is 15.4 Å². The van der Waals surface area contributed by atoms with Gasteiger partial charge in [-0.25, -0.2) is 4.85 Å². The number of hydrogen-bond acceptors (Lipinski definition) is 3. The maximum absolute atomic E-state index is 11.4. The highest BCUT2D eigenvalue weighted by molar-refractivity contribution is 7.71. The Hall–Kier alpha value is -1.71. The van der Waals surface area contributed by atoms with Crippen molar-refractivity contribution in [1.82, 2.24) is 9.97 Å². The lowest BCUT2D eigenvalue weighted by Gasteiger charge is -1.99. The molecule has 0 bridgehead atoms. The van der Waals surface area contributed by atoms with Crippen LogP contribution in [0, 0.1) is 11.3 Å². The minimum Gasteiger partial charge on any atom is -0.340 e. The van der Waals surface area contributed by atoms with Gasteiger partial charge in [-0.05, 0) is 23.7 Å². The molecule has 0 atom stereocenters. The number of rotatable bonds is 1. The Morgan fingerprint density at radius 2 is 2.27 bits per heavy atom. The van der Waals surface area contributed by atoms with Crippen LogP contribution in [-0.2, 0) is 0 Å². The Balaban J connectivity index is 2.83. The van der Waals surface area contributed by atoms with E-state index in [9.17, 15) is 4.79 Å². The van der Waals surface area contributed by atoms with E-state index in [0.29, 0.717) is 5.69 Å². The second kappa shape index (κ2) is 3.81. The van der Waals surface area contributed by atoms with E-state index in [-0.39, 0.29) is 10.5 Å². The molecule has 0 aliphatic carbocycles. The van der Waals surface area contributed by atoms with Gasteiger partial charge in [0.15, 0.2) is 4.77 Å². The van der Waals surface area contributed by atoms with Gasteiger partial charge in [-0.1, -0.05) is 6.07 Å². The van der Waals surface area contributed by atoms with Crippen LogP contribution in [0.1, 0.15) is 0 Å². The smallest absolute Gasteiger partial charge is 0.274 e. The van der Waals surface area contributed by atoms with E-state index in [4.69, 9.17) is 18.8 Å². The molecule has 2 heterocycles. The van der Waals surface area contributed by atoms with Crippen molar-refractivity contribution in [1.29, 1.82) is 0 Å². The minimum absolute atomic E-state index is 0.0473. The van der Waals surface area contributed by atoms with Gasteiger partial charge in [0.1, 0.15) is 0 Å². The first-order valence-corrected chi connectivity index (χ1v) is 5.29. The van der Waals surface area contributed by atoms with E-state index in [1.807, 2.05) is 17.5 Å². The van der Waals surface area contributed by atoms with Crippen molar-refractivity contribution < 1.29 is 0 Å². The molecular weight excluding hydrogens is 230 g/mol. The highest BCUT2D eigenvalue weighted by Gasteiger charge is 2.10. The fraction of sp³-hybridized carbons (Fsp3) is 0. The molecule has 0 saturated carbocycles. The van der Waals surface area contributed by atoms with Crippen LogP contribution in [0.3, 0.4) is 0 Å². The normalized spacial score (nSPS) is 9.80. The number of nitrogens with one attached hydrogen (secondary N) is 2. The van der Waals surface area contributed by atoms with E-state index in [1.54, 1.807) is 0 Å². The molecule has 0 aliphatic heterocycles. The van der Waals surface area contributed by atoms with Crippen molar-refractivity contribution >= 4 is 29.2 Å². The molecule has 0 saturated heterocycles. The maximum Gasteiger partial charge on any atom is 0.274 e. The quantitative estimate of drug-likeness (QED) is 0.590. The van der Waals surface area contributed by atoms with Crippen LogP contribution in [0.4, 0.5) is 5.69 Å². The number of aromatic nitrogens is 2. The molecule has 4 nitrogen and oxygen atoms in total. The zero-order valence-electron chi connectivity index (χ0n) is 7.40. The van der Waals surface area contributed by atoms with E-state index in [0.717, 1.165) is 4.88 Å². The summed E-state index contributed by atoms with van der Waals surface area (Å²) in [5, 5.41) is 1.88. The minimum atomic E-state index is -0.447. The first-order valence-electron chi connectivity index (χ1n) is 4.00. The zero-order valence-corrected chi connectivity index (χ0v) is 9.04. The summed E-state index contributed by atoms with van der Waals surface area (Å²) in [5.41, 5.74) is 0.0944. The Kier molecular flexibility index (Phi) is 2.49. The Bertz CT molecular complexity index is 631. The lowest BCUT2D eigenvalue weighted by molar-refractivity contribution is 1.11. The van der Waals surface area contributed by atoms with Gasteiger partial charge in [0, 0.05) is 4.88 Å². The van der Waals surface area contributed by atoms with E-state index >= 15 is 0 Å². The summed E-state index contributed by atoms with van der Waals surface area (Å²) < 4.78 is 0.232. The maximum atomic E-state index is 11.4. The Morgan fingerprint density at radius 1 is 1.47 bits per heavy atom. The van der Waals surface area contributed by atoms with Crippen LogP contribution in [0.5, 0.6) is 0 Å². The predicted octanol–water partition coefficient (Wildman–Crippen LogP) is 2.71. The lowest BCUT2D eigenvalue weighted by Crippen LogP contribution is -2.07. The van der Waals surface area contributed by atoms with Gasteiger partial charge < -0.3 is 9.97 Å². The summed E-state index contributed by atoms with van der Waals surface area (Å²) in [6.45, 7) is 6.95. The number of H-pyrrole nitrogens is 2. The SMILES string of the molecule is [C-]#[N+]c1c(-c2cccs2)[nH]c(=S)[nH]c1=O. The molecule has 74 valence electrons. The van der Waals surface area contributed by atoms with Crippen LogP contribution in [0.15, 0.2) is 22.3 Å². The predicted molar refractivity (Wildman–Crippen MR) is 61.8 cm³/mol. The molecule has 2 N–H and O–H groups in total. The van der Waals surface area contributed by atoms with Crippen molar-refractivity contribution in [3.8, 4) is 10.6 Å². The largest absolute Gasteiger partial charge is 0.340 e. The number of nitrogens with zero attached hydrogens (tertiary/aromatic N) is 1. The van der Waals surface area contributed by atoms with Crippen LogP contribution in [0.2, 0.25) is 0 Å². The topological polar surface area (TPSA) is 53.0 Å². The van der Waals surface area contributed by atoms with Gasteiger partial charge in [-0.2, -0.15) is 0 Å². The molecule has 2 rings (SSSR count). The third-order valence-corrected chi connectivity index (χ3v) is 2.89. The van der Waals surface area contributed by atoms with Crippen molar-refractivity contribution in [2.45, 2.75) is 0 Å². The summed E-state index contributed by atoms with van der Waals surface area (Å²) >= 11 is 6.31. The molecule has 6 heteroatoms. The molecule has 0 aliphatic rings. The Morgan fingerprint density at radius 3 is 2.87 bits per heavy atom. The summed E-state index contributed by atoms with van der Waals surface area (Å²) in [4.78, 5) is 20.7. The summed E-state index contributed by atoms with van der Waals surface area (Å²) in [5.74, 6) is 0. The van der Waals surface area contributed by atoms with Crippen molar-refractivity contribution in [2.75, 3.05) is 0 Å². The first kappa shape index (κ1) is 9.83. The highest BCUT2D eigenvalue weighted by Crippen LogP contribution is 2.28. The van der Waals surface area contributed by atoms with E-state index < -0.39 is 5.56 Å². The average Bonchev–Trinajstić information content (AvgIpc) is 2.69. The summed E-state index contributed by atoms with van der Waals surface area (Å²) in [6.07, 6.45) is 0. The van der Waals surface area contributed by atoms with Gasteiger partial charge >= 0.3 is 0 Å². The fourth-order valence-corrected chi connectivity index (χ4v) is 2.11. The van der Waals surface area contributed by atoms with E-state index in [1.165, 1.54) is 11.3 Å². The Labute approximate surface area is 94.1 Å². The zero-order chi connectivity index (χ0) is 10.8. The fourth-order valence-electron chi connectivity index (χ4n) is 1.19. The van der Waals surface area contributed by atoms with Crippen molar-refractivity contribution in [3.05, 3.63) is 44.1 Å². The van der Waals surface area contributed by atoms with Gasteiger partial charge in [-0.15, -0.1) is 11.3 Å². The monoisotopic (exact) mass is 235 g/mol. The summed E-state index contributed by atoms with van der Waals surface area (Å²) in [6, 6.07) is 3.69. The molecule has 0 radical (unpaired) electrons. The van der Waals surface area contributed by atoms with Gasteiger partial charge in [0.2, 0.25) is 0 Å². The van der Waals surface area contributed by atoms with E-state index in [2.05, 4.69) is 14.8 Å². The molecule has 2 aromatic rings. The molecule has 0 amide bonds. The number of aromatic amines is 2. The third-order valence-electron chi connectivity index (χ3n) is 1.80. The second-order valence-electron chi connectivity index (χ2n) is 2.72. The van der Waals surface area contributed by atoms with Gasteiger partial charge in [-0.3, -0.25) is 4.79 Å².